The second-order valence-electron chi connectivity index (χ2n) is 5.40. The zero-order valence-electron chi connectivity index (χ0n) is 12.1. The smallest absolute Gasteiger partial charge is 0.241 e. The standard InChI is InChI=1S/C14H21BrN2O3S/c1-17-8-3-2-4-12(17)7-9-20-13-6-5-11(15)10-14(13)21(16,18)19/h5-6,10,12H,2-4,7-9H2,1H3,(H2,16,18,19). The number of hydrogen-bond donors (Lipinski definition) is 1. The minimum absolute atomic E-state index is 0.0221. The van der Waals surface area contributed by atoms with E-state index in [0.717, 1.165) is 13.0 Å². The highest BCUT2D eigenvalue weighted by molar-refractivity contribution is 9.10. The molecular formula is C14H21BrN2O3S. The third kappa shape index (κ3) is 4.67. The molecule has 1 heterocycles. The van der Waals surface area contributed by atoms with Gasteiger partial charge in [0.1, 0.15) is 10.6 Å². The fourth-order valence-corrected chi connectivity index (χ4v) is 3.85. The van der Waals surface area contributed by atoms with Crippen LogP contribution in [0.15, 0.2) is 27.6 Å². The molecule has 0 spiro atoms. The molecule has 0 amide bonds. The van der Waals surface area contributed by atoms with Crippen molar-refractivity contribution in [3.63, 3.8) is 0 Å². The van der Waals surface area contributed by atoms with Crippen LogP contribution >= 0.6 is 15.9 Å². The van der Waals surface area contributed by atoms with Crippen LogP contribution in [-0.2, 0) is 10.0 Å². The van der Waals surface area contributed by atoms with Crippen LogP contribution in [0.3, 0.4) is 0 Å². The second-order valence-corrected chi connectivity index (χ2v) is 7.85. The summed E-state index contributed by atoms with van der Waals surface area (Å²) in [5.74, 6) is 0.319. The fraction of sp³-hybridized carbons (Fsp3) is 0.571. The van der Waals surface area contributed by atoms with E-state index in [1.807, 2.05) is 0 Å². The SMILES string of the molecule is CN1CCCCC1CCOc1ccc(Br)cc1S(N)(=O)=O. The van der Waals surface area contributed by atoms with E-state index >= 15 is 0 Å². The number of sulfonamides is 1. The normalized spacial score (nSPS) is 20.4. The number of nitrogens with zero attached hydrogens (tertiary/aromatic N) is 1. The van der Waals surface area contributed by atoms with Crippen LogP contribution in [0.5, 0.6) is 5.75 Å². The molecule has 5 nitrogen and oxygen atoms in total. The van der Waals surface area contributed by atoms with Gasteiger partial charge in [-0.3, -0.25) is 0 Å². The molecule has 1 aromatic rings. The van der Waals surface area contributed by atoms with E-state index in [1.165, 1.54) is 25.3 Å². The molecule has 0 aromatic heterocycles. The summed E-state index contributed by atoms with van der Waals surface area (Å²) in [5, 5.41) is 5.23. The van der Waals surface area contributed by atoms with Gasteiger partial charge in [-0.2, -0.15) is 0 Å². The lowest BCUT2D eigenvalue weighted by atomic mass is 10.0. The summed E-state index contributed by atoms with van der Waals surface area (Å²) in [7, 11) is -1.66. The van der Waals surface area contributed by atoms with Crippen molar-refractivity contribution < 1.29 is 13.2 Å². The molecule has 2 N–H and O–H groups in total. The third-order valence-electron chi connectivity index (χ3n) is 3.84. The molecule has 2 rings (SSSR count). The highest BCUT2D eigenvalue weighted by atomic mass is 79.9. The zero-order valence-corrected chi connectivity index (χ0v) is 14.5. The number of likely N-dealkylation sites (tertiary alicyclic amines) is 1. The average molecular weight is 377 g/mol. The molecule has 1 aromatic carbocycles. The van der Waals surface area contributed by atoms with Crippen LogP contribution in [0.4, 0.5) is 0 Å². The van der Waals surface area contributed by atoms with Gasteiger partial charge >= 0.3 is 0 Å². The first kappa shape index (κ1) is 16.7. The molecule has 0 saturated carbocycles. The van der Waals surface area contributed by atoms with Crippen molar-refractivity contribution in [2.75, 3.05) is 20.2 Å². The molecule has 0 radical (unpaired) electrons. The largest absolute Gasteiger partial charge is 0.492 e. The lowest BCUT2D eigenvalue weighted by molar-refractivity contribution is 0.152. The molecule has 7 heteroatoms. The highest BCUT2D eigenvalue weighted by Crippen LogP contribution is 2.27. The van der Waals surface area contributed by atoms with E-state index in [1.54, 1.807) is 12.1 Å². The summed E-state index contributed by atoms with van der Waals surface area (Å²) in [6.45, 7) is 1.60. The van der Waals surface area contributed by atoms with Gasteiger partial charge in [0, 0.05) is 10.5 Å². The Balaban J connectivity index is 2.00. The van der Waals surface area contributed by atoms with Crippen LogP contribution in [-0.4, -0.2) is 39.6 Å². The Labute approximate surface area is 134 Å². The summed E-state index contributed by atoms with van der Waals surface area (Å²) >= 11 is 3.25. The lowest BCUT2D eigenvalue weighted by Crippen LogP contribution is -2.37. The van der Waals surface area contributed by atoms with Crippen LogP contribution < -0.4 is 9.88 Å². The number of rotatable bonds is 5. The Morgan fingerprint density at radius 3 is 2.86 bits per heavy atom. The molecule has 1 saturated heterocycles. The number of nitrogens with two attached hydrogens (primary N) is 1. The van der Waals surface area contributed by atoms with Crippen molar-refractivity contribution in [3.8, 4) is 5.75 Å². The molecule has 0 bridgehead atoms. The minimum Gasteiger partial charge on any atom is -0.492 e. The van der Waals surface area contributed by atoms with Gasteiger partial charge in [0.25, 0.3) is 0 Å². The number of ether oxygens (including phenoxy) is 1. The van der Waals surface area contributed by atoms with Crippen LogP contribution in [0, 0.1) is 0 Å². The lowest BCUT2D eigenvalue weighted by Gasteiger charge is -2.32. The number of piperidine rings is 1. The van der Waals surface area contributed by atoms with Crippen molar-refractivity contribution >= 4 is 26.0 Å². The maximum absolute atomic E-state index is 11.6. The van der Waals surface area contributed by atoms with E-state index in [9.17, 15) is 8.42 Å². The number of hydrogen-bond acceptors (Lipinski definition) is 4. The van der Waals surface area contributed by atoms with Crippen LogP contribution in [0.25, 0.3) is 0 Å². The molecule has 1 unspecified atom stereocenters. The Morgan fingerprint density at radius 1 is 1.43 bits per heavy atom. The Morgan fingerprint density at radius 2 is 2.19 bits per heavy atom. The van der Waals surface area contributed by atoms with Gasteiger partial charge in [0.15, 0.2) is 0 Å². The second kappa shape index (κ2) is 7.09. The molecular weight excluding hydrogens is 356 g/mol. The molecule has 21 heavy (non-hydrogen) atoms. The summed E-state index contributed by atoms with van der Waals surface area (Å²) in [4.78, 5) is 2.36. The fourth-order valence-electron chi connectivity index (χ4n) is 2.64. The van der Waals surface area contributed by atoms with E-state index in [2.05, 4.69) is 27.9 Å². The first-order valence-corrected chi connectivity index (χ1v) is 9.37. The summed E-state index contributed by atoms with van der Waals surface area (Å²) in [5.41, 5.74) is 0. The van der Waals surface area contributed by atoms with Gasteiger partial charge in [0.2, 0.25) is 10.0 Å². The monoisotopic (exact) mass is 376 g/mol. The van der Waals surface area contributed by atoms with Gasteiger partial charge in [-0.1, -0.05) is 22.4 Å². The summed E-state index contributed by atoms with van der Waals surface area (Å²) in [6.07, 6.45) is 4.55. The first-order valence-electron chi connectivity index (χ1n) is 7.03. The maximum Gasteiger partial charge on any atom is 0.241 e. The molecule has 1 aliphatic rings. The topological polar surface area (TPSA) is 72.6 Å². The maximum atomic E-state index is 11.6. The third-order valence-corrected chi connectivity index (χ3v) is 5.27. The Bertz CT molecular complexity index is 592. The van der Waals surface area contributed by atoms with E-state index in [-0.39, 0.29) is 4.90 Å². The van der Waals surface area contributed by atoms with Crippen molar-refractivity contribution in [2.45, 2.75) is 36.6 Å². The quantitative estimate of drug-likeness (QED) is 0.855. The van der Waals surface area contributed by atoms with E-state index < -0.39 is 10.0 Å². The molecule has 118 valence electrons. The predicted octanol–water partition coefficient (Wildman–Crippen LogP) is 2.35. The van der Waals surface area contributed by atoms with Crippen molar-refractivity contribution in [3.05, 3.63) is 22.7 Å². The van der Waals surface area contributed by atoms with Crippen LogP contribution in [0.2, 0.25) is 0 Å². The van der Waals surface area contributed by atoms with Crippen LogP contribution in [0.1, 0.15) is 25.7 Å². The molecule has 1 aliphatic heterocycles. The zero-order chi connectivity index (χ0) is 15.5. The predicted molar refractivity (Wildman–Crippen MR) is 85.9 cm³/mol. The van der Waals surface area contributed by atoms with Crippen molar-refractivity contribution in [2.24, 2.45) is 5.14 Å². The van der Waals surface area contributed by atoms with Gasteiger partial charge in [0.05, 0.1) is 6.61 Å². The first-order chi connectivity index (χ1) is 9.88. The molecule has 1 fully saturated rings. The van der Waals surface area contributed by atoms with Crippen molar-refractivity contribution in [1.29, 1.82) is 0 Å². The van der Waals surface area contributed by atoms with Gasteiger partial charge in [-0.15, -0.1) is 0 Å². The van der Waals surface area contributed by atoms with Gasteiger partial charge in [-0.25, -0.2) is 13.6 Å². The Kier molecular flexibility index (Phi) is 5.65. The number of halogens is 1. The summed E-state index contributed by atoms with van der Waals surface area (Å²) in [6, 6.07) is 5.36. The molecule has 1 atom stereocenters. The van der Waals surface area contributed by atoms with Crippen molar-refractivity contribution in [1.82, 2.24) is 4.90 Å². The Hall–Kier alpha value is -0.630. The van der Waals surface area contributed by atoms with E-state index in [4.69, 9.17) is 9.88 Å². The van der Waals surface area contributed by atoms with E-state index in [0.29, 0.717) is 22.9 Å². The average Bonchev–Trinajstić information content (AvgIpc) is 2.41. The number of benzene rings is 1. The minimum atomic E-state index is -3.79. The molecule has 0 aliphatic carbocycles. The highest BCUT2D eigenvalue weighted by Gasteiger charge is 2.20. The summed E-state index contributed by atoms with van der Waals surface area (Å²) < 4.78 is 29.5. The number of primary sulfonamides is 1. The van der Waals surface area contributed by atoms with Gasteiger partial charge in [-0.05, 0) is 51.1 Å². The van der Waals surface area contributed by atoms with Gasteiger partial charge < -0.3 is 9.64 Å².